The Morgan fingerprint density at radius 1 is 1.30 bits per heavy atom. The van der Waals surface area contributed by atoms with Crippen LogP contribution in [0.25, 0.3) is 5.69 Å². The van der Waals surface area contributed by atoms with Gasteiger partial charge in [0, 0.05) is 30.4 Å². The molecule has 1 aliphatic rings. The second kappa shape index (κ2) is 8.57. The van der Waals surface area contributed by atoms with Crippen LogP contribution in [0.1, 0.15) is 38.7 Å². The molecule has 0 radical (unpaired) electrons. The van der Waals surface area contributed by atoms with E-state index in [0.29, 0.717) is 6.54 Å². The third kappa shape index (κ3) is 4.50. The second-order valence-corrected chi connectivity index (χ2v) is 7.86. The molecule has 1 aromatic heterocycles. The molecule has 0 spiro atoms. The van der Waals surface area contributed by atoms with E-state index in [9.17, 15) is 9.90 Å². The lowest BCUT2D eigenvalue weighted by atomic mass is 9.62. The average Bonchev–Trinajstić information content (AvgIpc) is 3.15. The van der Waals surface area contributed by atoms with Crippen molar-refractivity contribution in [1.82, 2.24) is 20.4 Å². The number of aliphatic hydroxyl groups is 1. The van der Waals surface area contributed by atoms with E-state index >= 15 is 0 Å². The zero-order valence-electron chi connectivity index (χ0n) is 16.2. The van der Waals surface area contributed by atoms with Gasteiger partial charge in [0.25, 0.3) is 0 Å². The van der Waals surface area contributed by atoms with Crippen LogP contribution in [0.2, 0.25) is 0 Å². The average molecular weight is 370 g/mol. The molecule has 1 aliphatic carbocycles. The second-order valence-electron chi connectivity index (χ2n) is 7.86. The molecular formula is C21H30N4O2. The van der Waals surface area contributed by atoms with Gasteiger partial charge in [-0.1, -0.05) is 32.4 Å². The summed E-state index contributed by atoms with van der Waals surface area (Å²) in [4.78, 5) is 12.3. The van der Waals surface area contributed by atoms with Crippen LogP contribution in [0.5, 0.6) is 0 Å². The van der Waals surface area contributed by atoms with Gasteiger partial charge in [-0.3, -0.25) is 0 Å². The molecule has 1 aromatic carbocycles. The minimum atomic E-state index is -0.151. The maximum Gasteiger partial charge on any atom is 0.315 e. The Morgan fingerprint density at radius 2 is 2.04 bits per heavy atom. The lowest BCUT2D eigenvalue weighted by Crippen LogP contribution is -2.57. The third-order valence-electron chi connectivity index (χ3n) is 5.68. The molecule has 6 heteroatoms. The molecule has 0 saturated heterocycles. The van der Waals surface area contributed by atoms with E-state index in [-0.39, 0.29) is 30.0 Å². The number of benzene rings is 1. The van der Waals surface area contributed by atoms with Crippen molar-refractivity contribution >= 4 is 6.03 Å². The highest BCUT2D eigenvalue weighted by molar-refractivity contribution is 5.74. The number of aliphatic hydroxyl groups excluding tert-OH is 1. The number of aromatic nitrogens is 2. The number of hydrogen-bond acceptors (Lipinski definition) is 3. The highest BCUT2D eigenvalue weighted by Crippen LogP contribution is 2.45. The van der Waals surface area contributed by atoms with E-state index in [2.05, 4.69) is 41.7 Å². The van der Waals surface area contributed by atoms with Crippen LogP contribution >= 0.6 is 0 Å². The lowest BCUT2D eigenvalue weighted by molar-refractivity contribution is -0.00506. The zero-order valence-corrected chi connectivity index (χ0v) is 16.2. The van der Waals surface area contributed by atoms with Crippen LogP contribution in [0.3, 0.4) is 0 Å². The number of rotatable bonds is 8. The first-order chi connectivity index (χ1) is 13.0. The maximum atomic E-state index is 12.3. The first-order valence-electron chi connectivity index (χ1n) is 9.78. The molecule has 146 valence electrons. The molecule has 2 aromatic rings. The first kappa shape index (κ1) is 19.4. The van der Waals surface area contributed by atoms with Crippen LogP contribution in [-0.2, 0) is 6.42 Å². The monoisotopic (exact) mass is 370 g/mol. The van der Waals surface area contributed by atoms with Crippen molar-refractivity contribution < 1.29 is 9.90 Å². The Kier molecular flexibility index (Phi) is 6.16. The molecule has 1 atom stereocenters. The van der Waals surface area contributed by atoms with Gasteiger partial charge in [0.1, 0.15) is 0 Å². The fourth-order valence-corrected chi connectivity index (χ4v) is 3.97. The van der Waals surface area contributed by atoms with Gasteiger partial charge in [-0.25, -0.2) is 9.48 Å². The van der Waals surface area contributed by atoms with Gasteiger partial charge in [0.05, 0.1) is 12.3 Å². The highest BCUT2D eigenvalue weighted by atomic mass is 16.3. The predicted molar refractivity (Wildman–Crippen MR) is 106 cm³/mol. The number of nitrogens with one attached hydrogen (secondary N) is 2. The summed E-state index contributed by atoms with van der Waals surface area (Å²) in [6, 6.07) is 9.92. The molecule has 0 bridgehead atoms. The maximum absolute atomic E-state index is 12.3. The van der Waals surface area contributed by atoms with E-state index in [1.165, 1.54) is 0 Å². The molecule has 27 heavy (non-hydrogen) atoms. The van der Waals surface area contributed by atoms with Crippen LogP contribution in [0.4, 0.5) is 4.79 Å². The number of nitrogens with zero attached hydrogens (tertiary/aromatic N) is 2. The van der Waals surface area contributed by atoms with Gasteiger partial charge < -0.3 is 15.7 Å². The standard InChI is InChI=1S/C21H30N4O2/c1-16(2)19(21(15-26)10-3-11-21)24-20(27)22-13-9-17-5-7-18(8-6-17)25-14-4-12-23-25/h4-8,12,14,16,19,26H,3,9-11,13,15H2,1-2H3,(H2,22,24,27). The normalized spacial score (nSPS) is 16.6. The number of urea groups is 1. The number of amides is 2. The van der Waals surface area contributed by atoms with E-state index < -0.39 is 0 Å². The molecule has 3 rings (SSSR count). The molecule has 1 unspecified atom stereocenters. The predicted octanol–water partition coefficient (Wildman–Crippen LogP) is 2.90. The van der Waals surface area contributed by atoms with Gasteiger partial charge in [-0.05, 0) is 48.9 Å². The minimum Gasteiger partial charge on any atom is -0.396 e. The fraction of sp³-hybridized carbons (Fsp3) is 0.524. The molecular weight excluding hydrogens is 340 g/mol. The number of carbonyl (C=O) groups is 1. The molecule has 6 nitrogen and oxygen atoms in total. The molecule has 1 fully saturated rings. The number of hydrogen-bond donors (Lipinski definition) is 3. The summed E-state index contributed by atoms with van der Waals surface area (Å²) in [5.74, 6) is 0.290. The third-order valence-corrected chi connectivity index (χ3v) is 5.68. The smallest absolute Gasteiger partial charge is 0.315 e. The lowest BCUT2D eigenvalue weighted by Gasteiger charge is -2.48. The summed E-state index contributed by atoms with van der Waals surface area (Å²) in [7, 11) is 0. The Labute approximate surface area is 161 Å². The van der Waals surface area contributed by atoms with Crippen LogP contribution in [0, 0.1) is 11.3 Å². The van der Waals surface area contributed by atoms with Crippen molar-refractivity contribution in [2.24, 2.45) is 11.3 Å². The Hall–Kier alpha value is -2.34. The van der Waals surface area contributed by atoms with E-state index in [1.807, 2.05) is 29.1 Å². The minimum absolute atomic E-state index is 0.00426. The highest BCUT2D eigenvalue weighted by Gasteiger charge is 2.45. The molecule has 1 heterocycles. The van der Waals surface area contributed by atoms with Crippen molar-refractivity contribution in [1.29, 1.82) is 0 Å². The van der Waals surface area contributed by atoms with Gasteiger partial charge in [0.2, 0.25) is 0 Å². The van der Waals surface area contributed by atoms with E-state index in [0.717, 1.165) is 36.9 Å². The summed E-state index contributed by atoms with van der Waals surface area (Å²) in [6.07, 6.45) is 7.52. The molecule has 1 saturated carbocycles. The van der Waals surface area contributed by atoms with Gasteiger partial charge in [0.15, 0.2) is 0 Å². The van der Waals surface area contributed by atoms with Crippen molar-refractivity contribution in [3.05, 3.63) is 48.3 Å². The SMILES string of the molecule is CC(C)C(NC(=O)NCCc1ccc(-n2cccn2)cc1)C1(CO)CCC1. The first-order valence-corrected chi connectivity index (χ1v) is 9.78. The summed E-state index contributed by atoms with van der Waals surface area (Å²) < 4.78 is 1.82. The van der Waals surface area contributed by atoms with Crippen molar-refractivity contribution in [2.45, 2.75) is 45.6 Å². The molecule has 0 aliphatic heterocycles. The largest absolute Gasteiger partial charge is 0.396 e. The van der Waals surface area contributed by atoms with Gasteiger partial charge in [-0.2, -0.15) is 5.10 Å². The van der Waals surface area contributed by atoms with E-state index in [4.69, 9.17) is 0 Å². The van der Waals surface area contributed by atoms with Crippen molar-refractivity contribution in [2.75, 3.05) is 13.2 Å². The van der Waals surface area contributed by atoms with Crippen molar-refractivity contribution in [3.8, 4) is 5.69 Å². The quantitative estimate of drug-likeness (QED) is 0.668. The fourth-order valence-electron chi connectivity index (χ4n) is 3.97. The van der Waals surface area contributed by atoms with Crippen molar-refractivity contribution in [3.63, 3.8) is 0 Å². The summed E-state index contributed by atoms with van der Waals surface area (Å²) in [5.41, 5.74) is 2.04. The van der Waals surface area contributed by atoms with Gasteiger partial charge in [-0.15, -0.1) is 0 Å². The van der Waals surface area contributed by atoms with Crippen LogP contribution < -0.4 is 10.6 Å². The Morgan fingerprint density at radius 3 is 2.56 bits per heavy atom. The number of carbonyl (C=O) groups excluding carboxylic acids is 1. The van der Waals surface area contributed by atoms with E-state index in [1.54, 1.807) is 6.20 Å². The summed E-state index contributed by atoms with van der Waals surface area (Å²) in [5, 5.41) is 20.1. The van der Waals surface area contributed by atoms with Crippen LogP contribution in [-0.4, -0.2) is 40.1 Å². The molecule has 2 amide bonds. The van der Waals surface area contributed by atoms with Crippen LogP contribution in [0.15, 0.2) is 42.7 Å². The Bertz CT molecular complexity index is 716. The summed E-state index contributed by atoms with van der Waals surface area (Å²) >= 11 is 0. The zero-order chi connectivity index (χ0) is 19.3. The Balaban J connectivity index is 1.47. The topological polar surface area (TPSA) is 79.2 Å². The molecule has 3 N–H and O–H groups in total. The summed E-state index contributed by atoms with van der Waals surface area (Å²) in [6.45, 7) is 4.91. The van der Waals surface area contributed by atoms with Gasteiger partial charge >= 0.3 is 6.03 Å².